The Balaban J connectivity index is 1.61. The topological polar surface area (TPSA) is 95.3 Å². The fourth-order valence-corrected chi connectivity index (χ4v) is 4.94. The van der Waals surface area contributed by atoms with E-state index in [9.17, 15) is 14.4 Å². The van der Waals surface area contributed by atoms with Gasteiger partial charge in [-0.1, -0.05) is 0 Å². The Bertz CT molecular complexity index is 1170. The summed E-state index contributed by atoms with van der Waals surface area (Å²) in [6.45, 7) is 8.95. The van der Waals surface area contributed by atoms with Crippen LogP contribution >= 0.6 is 0 Å². The first-order chi connectivity index (χ1) is 16.1. The number of carbonyl (C=O) groups excluding carboxylic acids is 2. The first-order valence-corrected chi connectivity index (χ1v) is 11.9. The second kappa shape index (κ2) is 9.31. The molecule has 8 heteroatoms. The van der Waals surface area contributed by atoms with Gasteiger partial charge in [0.2, 0.25) is 5.91 Å². The Kier molecular flexibility index (Phi) is 6.60. The summed E-state index contributed by atoms with van der Waals surface area (Å²) in [4.78, 5) is 39.7. The van der Waals surface area contributed by atoms with Gasteiger partial charge in [0.15, 0.2) is 0 Å². The molecule has 2 aromatic rings. The first kappa shape index (κ1) is 24.1. The molecule has 184 valence electrons. The van der Waals surface area contributed by atoms with Crippen LogP contribution < -0.4 is 15.1 Å². The molecule has 0 N–H and O–H groups in total. The minimum absolute atomic E-state index is 0.0576. The number of likely N-dealkylation sites (tertiary alicyclic amines) is 1. The number of piperidine rings is 1. The molecule has 1 aromatic heterocycles. The van der Waals surface area contributed by atoms with Crippen molar-refractivity contribution in [1.29, 1.82) is 0 Å². The number of amides is 1. The van der Waals surface area contributed by atoms with Crippen LogP contribution in [0, 0.1) is 12.8 Å². The van der Waals surface area contributed by atoms with Crippen molar-refractivity contribution in [2.45, 2.75) is 65.4 Å². The van der Waals surface area contributed by atoms with E-state index in [2.05, 4.69) is 0 Å². The maximum absolute atomic E-state index is 13.0. The summed E-state index contributed by atoms with van der Waals surface area (Å²) in [5.41, 5.74) is 1.52. The summed E-state index contributed by atoms with van der Waals surface area (Å²) in [5.74, 6) is 0.676. The van der Waals surface area contributed by atoms with Crippen LogP contribution in [-0.4, -0.2) is 49.2 Å². The van der Waals surface area contributed by atoms with E-state index >= 15 is 0 Å². The Morgan fingerprint density at radius 2 is 1.94 bits per heavy atom. The van der Waals surface area contributed by atoms with E-state index in [0.29, 0.717) is 66.1 Å². The quantitative estimate of drug-likeness (QED) is 0.486. The standard InChI is InChI=1S/C26H33NO7/c1-6-32-24(29)16-8-11-27(12-9-16)21(28)13-18-15(2)22-20(31-5)14-19-17(23(22)33-25(18)30)7-10-26(3,4)34-19/h14,16H,6-13H2,1-5H3. The van der Waals surface area contributed by atoms with Crippen molar-refractivity contribution < 1.29 is 28.2 Å². The lowest BCUT2D eigenvalue weighted by molar-refractivity contribution is -0.151. The number of aryl methyl sites for hydroxylation is 2. The van der Waals surface area contributed by atoms with Crippen LogP contribution in [0.3, 0.4) is 0 Å². The molecule has 0 unspecified atom stereocenters. The van der Waals surface area contributed by atoms with Crippen LogP contribution in [0.1, 0.15) is 56.7 Å². The van der Waals surface area contributed by atoms with Crippen molar-refractivity contribution in [3.05, 3.63) is 33.2 Å². The average Bonchev–Trinajstić information content (AvgIpc) is 2.80. The van der Waals surface area contributed by atoms with Gasteiger partial charge in [0, 0.05) is 24.7 Å². The van der Waals surface area contributed by atoms with Crippen LogP contribution in [0.25, 0.3) is 11.0 Å². The lowest BCUT2D eigenvalue weighted by Gasteiger charge is -2.33. The minimum atomic E-state index is -0.514. The van der Waals surface area contributed by atoms with Gasteiger partial charge in [0.05, 0.1) is 37.0 Å². The zero-order chi connectivity index (χ0) is 24.6. The molecule has 1 aromatic carbocycles. The SMILES string of the molecule is CCOC(=O)C1CCN(C(=O)Cc2c(C)c3c(OC)cc4c(c3oc2=O)CCC(C)(C)O4)CC1. The number of rotatable bonds is 5. The van der Waals surface area contributed by atoms with Crippen molar-refractivity contribution in [3.8, 4) is 11.5 Å². The zero-order valence-electron chi connectivity index (χ0n) is 20.6. The number of esters is 1. The Morgan fingerprint density at radius 3 is 2.59 bits per heavy atom. The number of benzene rings is 1. The molecule has 0 saturated carbocycles. The summed E-state index contributed by atoms with van der Waals surface area (Å²) < 4.78 is 22.7. The lowest BCUT2D eigenvalue weighted by Crippen LogP contribution is -2.41. The maximum atomic E-state index is 13.0. The van der Waals surface area contributed by atoms with Gasteiger partial charge in [-0.05, 0) is 58.9 Å². The van der Waals surface area contributed by atoms with Crippen molar-refractivity contribution in [2.24, 2.45) is 5.92 Å². The Hall–Kier alpha value is -3.03. The Labute approximate surface area is 199 Å². The number of hydrogen-bond donors (Lipinski definition) is 0. The van der Waals surface area contributed by atoms with E-state index in [1.54, 1.807) is 18.9 Å². The van der Waals surface area contributed by atoms with Gasteiger partial charge in [-0.3, -0.25) is 9.59 Å². The number of nitrogens with zero attached hydrogens (tertiary/aromatic N) is 1. The zero-order valence-corrected chi connectivity index (χ0v) is 20.6. The monoisotopic (exact) mass is 471 g/mol. The molecule has 2 aliphatic heterocycles. The molecule has 3 heterocycles. The molecule has 2 aliphatic rings. The van der Waals surface area contributed by atoms with E-state index in [1.165, 1.54) is 0 Å². The third-order valence-electron chi connectivity index (χ3n) is 6.95. The summed E-state index contributed by atoms with van der Waals surface area (Å²) in [6.07, 6.45) is 2.58. The summed E-state index contributed by atoms with van der Waals surface area (Å²) in [5, 5.41) is 0.702. The second-order valence-corrected chi connectivity index (χ2v) is 9.70. The number of ether oxygens (including phenoxy) is 3. The van der Waals surface area contributed by atoms with Gasteiger partial charge in [0.25, 0.3) is 0 Å². The van der Waals surface area contributed by atoms with E-state index in [4.69, 9.17) is 18.6 Å². The van der Waals surface area contributed by atoms with E-state index in [-0.39, 0.29) is 29.8 Å². The smallest absolute Gasteiger partial charge is 0.340 e. The maximum Gasteiger partial charge on any atom is 0.340 e. The molecule has 1 amide bonds. The first-order valence-electron chi connectivity index (χ1n) is 11.9. The van der Waals surface area contributed by atoms with Gasteiger partial charge in [0.1, 0.15) is 22.7 Å². The number of hydrogen-bond acceptors (Lipinski definition) is 7. The van der Waals surface area contributed by atoms with E-state index in [0.717, 1.165) is 18.4 Å². The summed E-state index contributed by atoms with van der Waals surface area (Å²) >= 11 is 0. The lowest BCUT2D eigenvalue weighted by atomic mass is 9.91. The molecule has 4 rings (SSSR count). The predicted molar refractivity (Wildman–Crippen MR) is 126 cm³/mol. The highest BCUT2D eigenvalue weighted by Crippen LogP contribution is 2.43. The highest BCUT2D eigenvalue weighted by atomic mass is 16.5. The molecule has 0 aliphatic carbocycles. The molecule has 8 nitrogen and oxygen atoms in total. The molecule has 0 radical (unpaired) electrons. The third-order valence-corrected chi connectivity index (χ3v) is 6.95. The van der Waals surface area contributed by atoms with Crippen LogP contribution in [0.5, 0.6) is 11.5 Å². The van der Waals surface area contributed by atoms with Gasteiger partial charge in [-0.25, -0.2) is 4.79 Å². The van der Waals surface area contributed by atoms with Crippen LogP contribution in [0.15, 0.2) is 15.3 Å². The second-order valence-electron chi connectivity index (χ2n) is 9.70. The van der Waals surface area contributed by atoms with Crippen LogP contribution in [0.2, 0.25) is 0 Å². The normalized spacial score (nSPS) is 17.7. The minimum Gasteiger partial charge on any atom is -0.496 e. The fourth-order valence-electron chi connectivity index (χ4n) is 4.94. The fraction of sp³-hybridized carbons (Fsp3) is 0.577. The van der Waals surface area contributed by atoms with Gasteiger partial charge in [-0.15, -0.1) is 0 Å². The van der Waals surface area contributed by atoms with Gasteiger partial charge in [-0.2, -0.15) is 0 Å². The molecule has 0 bridgehead atoms. The molecule has 34 heavy (non-hydrogen) atoms. The van der Waals surface area contributed by atoms with E-state index in [1.807, 2.05) is 26.8 Å². The number of fused-ring (bicyclic) bond motifs is 3. The molecular weight excluding hydrogens is 438 g/mol. The molecule has 1 fully saturated rings. The summed E-state index contributed by atoms with van der Waals surface area (Å²) in [6, 6.07) is 1.84. The van der Waals surface area contributed by atoms with Crippen LogP contribution in [0.4, 0.5) is 0 Å². The highest BCUT2D eigenvalue weighted by molar-refractivity contribution is 5.93. The Morgan fingerprint density at radius 1 is 1.24 bits per heavy atom. The van der Waals surface area contributed by atoms with Crippen LogP contribution in [-0.2, 0) is 27.2 Å². The number of methoxy groups -OCH3 is 1. The van der Waals surface area contributed by atoms with Gasteiger partial charge >= 0.3 is 11.6 Å². The van der Waals surface area contributed by atoms with Crippen molar-refractivity contribution in [1.82, 2.24) is 4.90 Å². The van der Waals surface area contributed by atoms with Crippen molar-refractivity contribution >= 4 is 22.8 Å². The van der Waals surface area contributed by atoms with E-state index < -0.39 is 5.63 Å². The summed E-state index contributed by atoms with van der Waals surface area (Å²) in [7, 11) is 1.57. The molecule has 1 saturated heterocycles. The molecule has 0 atom stereocenters. The average molecular weight is 472 g/mol. The largest absolute Gasteiger partial charge is 0.496 e. The third kappa shape index (κ3) is 4.50. The number of carbonyl (C=O) groups is 2. The molecule has 0 spiro atoms. The highest BCUT2D eigenvalue weighted by Gasteiger charge is 2.32. The van der Waals surface area contributed by atoms with Crippen molar-refractivity contribution in [3.63, 3.8) is 0 Å². The van der Waals surface area contributed by atoms with Gasteiger partial charge < -0.3 is 23.5 Å². The molecular formula is C26H33NO7. The van der Waals surface area contributed by atoms with Crippen molar-refractivity contribution in [2.75, 3.05) is 26.8 Å². The predicted octanol–water partition coefficient (Wildman–Crippen LogP) is 3.56.